The molecule has 100 heavy (non-hydrogen) atoms. The van der Waals surface area contributed by atoms with Crippen LogP contribution in [0.5, 0.6) is 23.5 Å². The molecule has 0 spiro atoms. The van der Waals surface area contributed by atoms with Crippen LogP contribution in [0.1, 0.15) is 78.4 Å². The van der Waals surface area contributed by atoms with Gasteiger partial charge in [-0.25, -0.2) is 55.1 Å². The molecule has 12 nitrogen and oxygen atoms in total. The van der Waals surface area contributed by atoms with Crippen LogP contribution < -0.4 is 18.9 Å². The Hall–Kier alpha value is -12.4. The summed E-state index contributed by atoms with van der Waals surface area (Å²) < 4.78 is 207. The van der Waals surface area contributed by atoms with Gasteiger partial charge in [0.05, 0.1) is 56.2 Å². The van der Waals surface area contributed by atoms with E-state index in [0.717, 1.165) is 42.5 Å². The second-order valence-corrected chi connectivity index (χ2v) is 21.7. The van der Waals surface area contributed by atoms with E-state index in [1.165, 1.54) is 115 Å². The Labute approximate surface area is 559 Å². The molecule has 0 amide bonds. The number of ether oxygens (including phenoxy) is 4. The zero-order valence-corrected chi connectivity index (χ0v) is 52.3. The van der Waals surface area contributed by atoms with Crippen molar-refractivity contribution in [2.45, 2.75) is 66.5 Å². The molecule has 0 aliphatic rings. The highest BCUT2D eigenvalue weighted by molar-refractivity contribution is 5.95. The molecule has 12 aromatic rings. The highest BCUT2D eigenvalue weighted by atomic mass is 19.4. The number of fused-ring (bicyclic) bond motifs is 4. The van der Waals surface area contributed by atoms with E-state index in [1.807, 2.05) is 24.3 Å². The van der Waals surface area contributed by atoms with Crippen LogP contribution in [-0.4, -0.2) is 19.9 Å². The first kappa shape index (κ1) is 71.9. The van der Waals surface area contributed by atoms with Crippen LogP contribution >= 0.6 is 0 Å². The van der Waals surface area contributed by atoms with Crippen LogP contribution in [0, 0.1) is 120 Å². The number of hydrogen-bond acceptors (Lipinski definition) is 12. The number of aromatic nitrogens is 4. The van der Waals surface area contributed by atoms with E-state index in [-0.39, 0.29) is 77.6 Å². The number of aryl methyl sites for hydroxylation is 4. The number of hydrogen-bond donors (Lipinski definition) is 0. The van der Waals surface area contributed by atoms with E-state index < -0.39 is 70.0 Å². The Morgan fingerprint density at radius 2 is 0.670 bits per heavy atom. The zero-order chi connectivity index (χ0) is 72.3. The van der Waals surface area contributed by atoms with Crippen molar-refractivity contribution in [2.24, 2.45) is 0 Å². The monoisotopic (exact) mass is 1380 g/mol. The number of pyridine rings is 4. The zero-order valence-electron chi connectivity index (χ0n) is 52.3. The Morgan fingerprint density at radius 3 is 1.04 bits per heavy atom. The van der Waals surface area contributed by atoms with E-state index in [4.69, 9.17) is 18.9 Å². The lowest BCUT2D eigenvalue weighted by atomic mass is 10.1. The van der Waals surface area contributed by atoms with E-state index in [2.05, 4.69) is 19.9 Å². The van der Waals surface area contributed by atoms with Crippen molar-refractivity contribution in [3.8, 4) is 47.8 Å². The third-order valence-electron chi connectivity index (χ3n) is 15.0. The van der Waals surface area contributed by atoms with Crippen molar-refractivity contribution < 1.29 is 80.4 Å². The number of nitriles is 4. The minimum absolute atomic E-state index is 0.0170. The lowest BCUT2D eigenvalue weighted by Crippen LogP contribution is -2.11. The van der Waals surface area contributed by atoms with Gasteiger partial charge in [0.15, 0.2) is 11.6 Å². The van der Waals surface area contributed by atoms with Gasteiger partial charge < -0.3 is 18.9 Å². The molecule has 12 rings (SSSR count). The average molecular weight is 1380 g/mol. The van der Waals surface area contributed by atoms with Gasteiger partial charge in [-0.1, -0.05) is 42.5 Å². The topological polar surface area (TPSA) is 184 Å². The standard InChI is InChI=1S/2C19H12F4N2O.2C18H11F3N2O/c1-11-17(9-24)15-7-6-14(20)8-16(15)18(25-11)26-10-12-2-4-13(5-3-12)19(21,22)23;1-11-16(9-24)14-7-6-13(20)8-15(14)18(25-11)26-10-12-4-2-3-5-17(12)19(21,22)23;1-10-16(8-22)14-5-4-12(19)6-15(14)18(23-10)24-9-11-2-3-13(20)7-17(11)21;1-10-15(8-22)13-6-5-12(19)7-14(13)18(23-10)24-9-11-3-2-4-16(20)17(11)21/h2*2-8H,10H2,1H3;2*2-7H,9H2,1H3. The van der Waals surface area contributed by atoms with Crippen LogP contribution in [-0.2, 0) is 38.8 Å². The lowest BCUT2D eigenvalue weighted by Gasteiger charge is -2.15. The molecular weight excluding hydrogens is 1330 g/mol. The van der Waals surface area contributed by atoms with Crippen LogP contribution in [0.4, 0.5) is 61.5 Å². The lowest BCUT2D eigenvalue weighted by molar-refractivity contribution is -0.139. The molecule has 0 aliphatic heterocycles. The van der Waals surface area contributed by atoms with Crippen molar-refractivity contribution in [3.05, 3.63) is 283 Å². The summed E-state index contributed by atoms with van der Waals surface area (Å²) in [5.41, 5.74) is 1.89. The highest BCUT2D eigenvalue weighted by Gasteiger charge is 2.33. The molecule has 504 valence electrons. The molecule has 8 aromatic carbocycles. The summed E-state index contributed by atoms with van der Waals surface area (Å²) in [6, 6.07) is 40.1. The van der Waals surface area contributed by atoms with E-state index in [0.29, 0.717) is 82.7 Å². The SMILES string of the molecule is Cc1nc(OCc2ccc(C(F)(F)F)cc2)c2cc(F)ccc2c1C#N.Cc1nc(OCc2ccc(F)cc2F)c2cc(F)ccc2c1C#N.Cc1nc(OCc2cccc(F)c2F)c2cc(F)ccc2c1C#N.Cc1nc(OCc2ccccc2C(F)(F)F)c2cc(F)ccc2c1C#N. The van der Waals surface area contributed by atoms with Crippen molar-refractivity contribution in [2.75, 3.05) is 0 Å². The molecular formula is C74H46F14N8O4. The minimum atomic E-state index is -4.51. The van der Waals surface area contributed by atoms with Crippen molar-refractivity contribution in [1.82, 2.24) is 19.9 Å². The highest BCUT2D eigenvalue weighted by Crippen LogP contribution is 2.37. The smallest absolute Gasteiger partial charge is 0.416 e. The van der Waals surface area contributed by atoms with Gasteiger partial charge in [0, 0.05) is 65.8 Å². The Bertz CT molecular complexity index is 5300. The van der Waals surface area contributed by atoms with Crippen LogP contribution in [0.3, 0.4) is 0 Å². The summed E-state index contributed by atoms with van der Waals surface area (Å²) in [4.78, 5) is 16.6. The Morgan fingerprint density at radius 1 is 0.330 bits per heavy atom. The molecule has 4 heterocycles. The summed E-state index contributed by atoms with van der Waals surface area (Å²) in [6.45, 7) is 5.57. The van der Waals surface area contributed by atoms with Gasteiger partial charge in [0.1, 0.15) is 85.6 Å². The van der Waals surface area contributed by atoms with E-state index in [9.17, 15) is 82.5 Å². The number of rotatable bonds is 12. The molecule has 0 radical (unpaired) electrons. The normalized spacial score (nSPS) is 11.0. The summed E-state index contributed by atoms with van der Waals surface area (Å²) in [5, 5.41) is 40.1. The first-order valence-corrected chi connectivity index (χ1v) is 29.3. The molecule has 4 aromatic heterocycles. The first-order chi connectivity index (χ1) is 47.6. The molecule has 0 bridgehead atoms. The Kier molecular flexibility index (Phi) is 22.1. The molecule has 0 atom stereocenters. The molecule has 0 fully saturated rings. The predicted molar refractivity (Wildman–Crippen MR) is 338 cm³/mol. The average Bonchev–Trinajstić information content (AvgIpc) is 0.800. The van der Waals surface area contributed by atoms with E-state index >= 15 is 0 Å². The fourth-order valence-corrected chi connectivity index (χ4v) is 10.1. The number of benzene rings is 8. The third-order valence-corrected chi connectivity index (χ3v) is 15.0. The summed E-state index contributed by atoms with van der Waals surface area (Å²) in [6.07, 6.45) is -8.92. The number of halogens is 14. The van der Waals surface area contributed by atoms with Gasteiger partial charge in [-0.2, -0.15) is 47.4 Å². The number of alkyl halides is 6. The summed E-state index contributed by atoms with van der Waals surface area (Å²) in [5.74, 6) is -5.24. The summed E-state index contributed by atoms with van der Waals surface area (Å²) in [7, 11) is 0. The molecule has 0 saturated heterocycles. The van der Waals surface area contributed by atoms with Gasteiger partial charge in [0.25, 0.3) is 0 Å². The van der Waals surface area contributed by atoms with Crippen LogP contribution in [0.15, 0.2) is 158 Å². The molecule has 0 aliphatic carbocycles. The van der Waals surface area contributed by atoms with E-state index in [1.54, 1.807) is 27.7 Å². The number of nitrogens with zero attached hydrogens (tertiary/aromatic N) is 8. The fourth-order valence-electron chi connectivity index (χ4n) is 10.1. The molecule has 0 saturated carbocycles. The van der Waals surface area contributed by atoms with Crippen molar-refractivity contribution >= 4 is 43.1 Å². The maximum Gasteiger partial charge on any atom is 0.416 e. The largest absolute Gasteiger partial charge is 0.472 e. The quantitative estimate of drug-likeness (QED) is 0.106. The Balaban J connectivity index is 0.000000156. The van der Waals surface area contributed by atoms with Crippen LogP contribution in [0.2, 0.25) is 0 Å². The van der Waals surface area contributed by atoms with Gasteiger partial charge in [0.2, 0.25) is 23.5 Å². The van der Waals surface area contributed by atoms with Crippen LogP contribution in [0.25, 0.3) is 43.1 Å². The molecule has 0 unspecified atom stereocenters. The van der Waals surface area contributed by atoms with Crippen molar-refractivity contribution in [1.29, 1.82) is 21.0 Å². The fraction of sp³-hybridized carbons (Fsp3) is 0.135. The minimum Gasteiger partial charge on any atom is -0.472 e. The maximum atomic E-state index is 13.7. The predicted octanol–water partition coefficient (Wildman–Crippen LogP) is 19.1. The summed E-state index contributed by atoms with van der Waals surface area (Å²) >= 11 is 0. The second kappa shape index (κ2) is 30.8. The second-order valence-electron chi connectivity index (χ2n) is 21.7. The van der Waals surface area contributed by atoms with Gasteiger partial charge in [-0.3, -0.25) is 0 Å². The van der Waals surface area contributed by atoms with Gasteiger partial charge >= 0.3 is 12.4 Å². The maximum absolute atomic E-state index is 13.7. The van der Waals surface area contributed by atoms with Gasteiger partial charge in [-0.15, -0.1) is 0 Å². The van der Waals surface area contributed by atoms with Gasteiger partial charge in [-0.05, 0) is 142 Å². The first-order valence-electron chi connectivity index (χ1n) is 29.3. The van der Waals surface area contributed by atoms with Crippen molar-refractivity contribution in [3.63, 3.8) is 0 Å². The third kappa shape index (κ3) is 16.7. The molecule has 26 heteroatoms. The molecule has 0 N–H and O–H groups in total.